The molecular weight excluding hydrogens is 192 g/mol. The summed E-state index contributed by atoms with van der Waals surface area (Å²) < 4.78 is 11.0. The van der Waals surface area contributed by atoms with Gasteiger partial charge in [0.15, 0.2) is 0 Å². The third-order valence-corrected chi connectivity index (χ3v) is 2.34. The molecule has 0 saturated carbocycles. The molecule has 0 amide bonds. The molecule has 4 nitrogen and oxygen atoms in total. The summed E-state index contributed by atoms with van der Waals surface area (Å²) in [5.74, 6) is 0. The summed E-state index contributed by atoms with van der Waals surface area (Å²) in [6.07, 6.45) is 3.03. The van der Waals surface area contributed by atoms with Crippen molar-refractivity contribution in [3.63, 3.8) is 0 Å². The number of hydrogen-bond acceptors (Lipinski definition) is 4. The average Bonchev–Trinajstić information content (AvgIpc) is 2.17. The molecule has 2 rings (SSSR count). The van der Waals surface area contributed by atoms with Gasteiger partial charge in [0.2, 0.25) is 6.29 Å². The van der Waals surface area contributed by atoms with Crippen molar-refractivity contribution in [3.8, 4) is 6.01 Å². The largest absolute Gasteiger partial charge is 0.434 e. The third kappa shape index (κ3) is 2.89. The van der Waals surface area contributed by atoms with Crippen molar-refractivity contribution in [1.82, 2.24) is 9.97 Å². The van der Waals surface area contributed by atoms with E-state index in [1.54, 1.807) is 0 Å². The monoisotopic (exact) mass is 208 g/mol. The second-order valence-electron chi connectivity index (χ2n) is 3.85. The van der Waals surface area contributed by atoms with Crippen LogP contribution in [0.4, 0.5) is 0 Å². The predicted molar refractivity (Wildman–Crippen MR) is 55.7 cm³/mol. The SMILES string of the molecule is Cc1cc(C)nc(O[C@@H]2CCCCO2)n1. The van der Waals surface area contributed by atoms with Crippen LogP contribution in [0.2, 0.25) is 0 Å². The molecular formula is C11H16N2O2. The van der Waals surface area contributed by atoms with Crippen molar-refractivity contribution in [1.29, 1.82) is 0 Å². The average molecular weight is 208 g/mol. The molecule has 0 aromatic carbocycles. The van der Waals surface area contributed by atoms with Crippen molar-refractivity contribution >= 4 is 0 Å². The van der Waals surface area contributed by atoms with Gasteiger partial charge in [-0.3, -0.25) is 0 Å². The van der Waals surface area contributed by atoms with Gasteiger partial charge in [-0.15, -0.1) is 0 Å². The number of hydrogen-bond donors (Lipinski definition) is 0. The van der Waals surface area contributed by atoms with Crippen LogP contribution >= 0.6 is 0 Å². The maximum atomic E-state index is 5.57. The molecule has 0 N–H and O–H groups in total. The van der Waals surface area contributed by atoms with Gasteiger partial charge in [0.25, 0.3) is 0 Å². The summed E-state index contributed by atoms with van der Waals surface area (Å²) in [6, 6.07) is 2.36. The van der Waals surface area contributed by atoms with Crippen LogP contribution in [0, 0.1) is 13.8 Å². The maximum Gasteiger partial charge on any atom is 0.319 e. The Balaban J connectivity index is 2.02. The normalized spacial score (nSPS) is 21.3. The van der Waals surface area contributed by atoms with Gasteiger partial charge in [0.05, 0.1) is 6.61 Å². The molecule has 0 radical (unpaired) electrons. The molecule has 1 aliphatic rings. The Labute approximate surface area is 89.6 Å². The molecule has 82 valence electrons. The van der Waals surface area contributed by atoms with Gasteiger partial charge >= 0.3 is 6.01 Å². The lowest BCUT2D eigenvalue weighted by atomic mass is 10.2. The van der Waals surface area contributed by atoms with Crippen LogP contribution in [0.1, 0.15) is 30.7 Å². The van der Waals surface area contributed by atoms with E-state index in [1.807, 2.05) is 19.9 Å². The second kappa shape index (κ2) is 4.57. The minimum atomic E-state index is -0.167. The second-order valence-corrected chi connectivity index (χ2v) is 3.85. The topological polar surface area (TPSA) is 44.2 Å². The van der Waals surface area contributed by atoms with Crippen molar-refractivity contribution in [2.45, 2.75) is 39.4 Å². The maximum absolute atomic E-state index is 5.57. The van der Waals surface area contributed by atoms with E-state index in [1.165, 1.54) is 0 Å². The third-order valence-electron chi connectivity index (χ3n) is 2.34. The van der Waals surface area contributed by atoms with Crippen LogP contribution < -0.4 is 4.74 Å². The van der Waals surface area contributed by atoms with E-state index < -0.39 is 0 Å². The molecule has 0 spiro atoms. The van der Waals surface area contributed by atoms with Crippen LogP contribution in [0.5, 0.6) is 6.01 Å². The Bertz CT molecular complexity index is 315. The first-order valence-electron chi connectivity index (χ1n) is 5.34. The molecule has 15 heavy (non-hydrogen) atoms. The molecule has 0 bridgehead atoms. The molecule has 1 saturated heterocycles. The lowest BCUT2D eigenvalue weighted by Crippen LogP contribution is -2.26. The van der Waals surface area contributed by atoms with Gasteiger partial charge in [-0.1, -0.05) is 0 Å². The van der Waals surface area contributed by atoms with Gasteiger partial charge in [-0.25, -0.2) is 9.97 Å². The molecule has 1 aromatic rings. The molecule has 0 unspecified atom stereocenters. The standard InChI is InChI=1S/C11H16N2O2/c1-8-7-9(2)13-11(12-8)15-10-5-3-4-6-14-10/h7,10H,3-6H2,1-2H3/t10-/m1/s1. The lowest BCUT2D eigenvalue weighted by Gasteiger charge is -2.22. The van der Waals surface area contributed by atoms with E-state index in [4.69, 9.17) is 9.47 Å². The Morgan fingerprint density at radius 1 is 1.27 bits per heavy atom. The van der Waals surface area contributed by atoms with E-state index in [2.05, 4.69) is 9.97 Å². The van der Waals surface area contributed by atoms with E-state index in [0.717, 1.165) is 37.3 Å². The van der Waals surface area contributed by atoms with Crippen LogP contribution in [0.15, 0.2) is 6.07 Å². The Morgan fingerprint density at radius 3 is 2.60 bits per heavy atom. The number of aromatic nitrogens is 2. The fourth-order valence-electron chi connectivity index (χ4n) is 1.67. The fourth-order valence-corrected chi connectivity index (χ4v) is 1.67. The lowest BCUT2D eigenvalue weighted by molar-refractivity contribution is -0.110. The molecule has 1 aromatic heterocycles. The summed E-state index contributed by atoms with van der Waals surface area (Å²) >= 11 is 0. The highest BCUT2D eigenvalue weighted by Crippen LogP contribution is 2.16. The van der Waals surface area contributed by atoms with Gasteiger partial charge in [0, 0.05) is 17.8 Å². The van der Waals surface area contributed by atoms with Crippen LogP contribution in [-0.4, -0.2) is 22.9 Å². The van der Waals surface area contributed by atoms with E-state index in [9.17, 15) is 0 Å². The van der Waals surface area contributed by atoms with Crippen molar-refractivity contribution in [2.24, 2.45) is 0 Å². The Morgan fingerprint density at radius 2 is 2.00 bits per heavy atom. The summed E-state index contributed by atoms with van der Waals surface area (Å²) in [6.45, 7) is 4.64. The van der Waals surface area contributed by atoms with E-state index in [-0.39, 0.29) is 6.29 Å². The predicted octanol–water partition coefficient (Wildman–Crippen LogP) is 2.00. The number of nitrogens with zero attached hydrogens (tertiary/aromatic N) is 2. The first-order chi connectivity index (χ1) is 7.24. The van der Waals surface area contributed by atoms with E-state index in [0.29, 0.717) is 6.01 Å². The summed E-state index contributed by atoms with van der Waals surface area (Å²) in [5.41, 5.74) is 1.85. The van der Waals surface area contributed by atoms with E-state index >= 15 is 0 Å². The zero-order valence-corrected chi connectivity index (χ0v) is 9.19. The van der Waals surface area contributed by atoms with Crippen LogP contribution in [0.3, 0.4) is 0 Å². The molecule has 1 aliphatic heterocycles. The molecule has 1 atom stereocenters. The zero-order chi connectivity index (χ0) is 10.7. The Kier molecular flexibility index (Phi) is 3.16. The van der Waals surface area contributed by atoms with Crippen LogP contribution in [0.25, 0.3) is 0 Å². The minimum absolute atomic E-state index is 0.167. The zero-order valence-electron chi connectivity index (χ0n) is 9.19. The summed E-state index contributed by atoms with van der Waals surface area (Å²) in [5, 5.41) is 0. The van der Waals surface area contributed by atoms with Crippen molar-refractivity contribution in [3.05, 3.63) is 17.5 Å². The highest BCUT2D eigenvalue weighted by molar-refractivity contribution is 5.11. The molecule has 1 fully saturated rings. The molecule has 2 heterocycles. The number of rotatable bonds is 2. The van der Waals surface area contributed by atoms with Crippen molar-refractivity contribution in [2.75, 3.05) is 6.61 Å². The van der Waals surface area contributed by atoms with Gasteiger partial charge in [-0.2, -0.15) is 0 Å². The van der Waals surface area contributed by atoms with Gasteiger partial charge in [0.1, 0.15) is 0 Å². The molecule has 4 heteroatoms. The van der Waals surface area contributed by atoms with Gasteiger partial charge < -0.3 is 9.47 Å². The summed E-state index contributed by atoms with van der Waals surface area (Å²) in [4.78, 5) is 8.43. The van der Waals surface area contributed by atoms with Crippen molar-refractivity contribution < 1.29 is 9.47 Å². The summed E-state index contributed by atoms with van der Waals surface area (Å²) in [7, 11) is 0. The van der Waals surface area contributed by atoms with Crippen LogP contribution in [-0.2, 0) is 4.74 Å². The number of ether oxygens (including phenoxy) is 2. The first kappa shape index (κ1) is 10.4. The highest BCUT2D eigenvalue weighted by Gasteiger charge is 2.16. The number of aryl methyl sites for hydroxylation is 2. The minimum Gasteiger partial charge on any atom is -0.434 e. The smallest absolute Gasteiger partial charge is 0.319 e. The van der Waals surface area contributed by atoms with Gasteiger partial charge in [-0.05, 0) is 32.8 Å². The molecule has 0 aliphatic carbocycles. The Hall–Kier alpha value is -1.16. The fraction of sp³-hybridized carbons (Fsp3) is 0.636. The quantitative estimate of drug-likeness (QED) is 0.745. The first-order valence-corrected chi connectivity index (χ1v) is 5.34. The highest BCUT2D eigenvalue weighted by atomic mass is 16.7.